The van der Waals surface area contributed by atoms with E-state index >= 15 is 0 Å². The number of benzene rings is 1. The van der Waals surface area contributed by atoms with E-state index in [1.165, 1.54) is 15.9 Å². The van der Waals surface area contributed by atoms with Crippen molar-refractivity contribution in [1.82, 2.24) is 14.8 Å². The molecule has 0 unspecified atom stereocenters. The van der Waals surface area contributed by atoms with Gasteiger partial charge in [0.1, 0.15) is 17.1 Å². The van der Waals surface area contributed by atoms with Gasteiger partial charge in [0.05, 0.1) is 15.9 Å². The third-order valence-corrected chi connectivity index (χ3v) is 4.60. The zero-order valence-electron chi connectivity index (χ0n) is 15.2. The monoisotopic (exact) mass is 399 g/mol. The zero-order chi connectivity index (χ0) is 19.9. The van der Waals surface area contributed by atoms with E-state index in [1.807, 2.05) is 0 Å². The van der Waals surface area contributed by atoms with Crippen LogP contribution >= 0.6 is 11.6 Å². The number of carbonyl (C=O) groups excluding carboxylic acids is 2. The Morgan fingerprint density at radius 2 is 1.70 bits per heavy atom. The summed E-state index contributed by atoms with van der Waals surface area (Å²) in [6.07, 6.45) is -0.450. The summed E-state index contributed by atoms with van der Waals surface area (Å²) >= 11 is 5.82. The standard InChI is InChI=1S/C18H20ClF2N3O3/c1-18(2,3)27-17(26)24-8-6-23(7-9-24)16(25)15-14(21)12-11(22-15)5-4-10(20)13(12)19/h4-5,22H,6-9H2,1-3H3. The largest absolute Gasteiger partial charge is 0.444 e. The molecule has 2 aromatic rings. The lowest BCUT2D eigenvalue weighted by molar-refractivity contribution is 0.0139. The van der Waals surface area contributed by atoms with Crippen LogP contribution in [0.4, 0.5) is 13.6 Å². The van der Waals surface area contributed by atoms with Gasteiger partial charge in [0.25, 0.3) is 5.91 Å². The first kappa shape index (κ1) is 19.4. The van der Waals surface area contributed by atoms with Crippen LogP contribution in [0.2, 0.25) is 5.02 Å². The van der Waals surface area contributed by atoms with Crippen LogP contribution in [0.15, 0.2) is 12.1 Å². The highest BCUT2D eigenvalue weighted by Gasteiger charge is 2.30. The highest BCUT2D eigenvalue weighted by atomic mass is 35.5. The van der Waals surface area contributed by atoms with Crippen LogP contribution < -0.4 is 0 Å². The number of nitrogens with one attached hydrogen (secondary N) is 1. The van der Waals surface area contributed by atoms with Gasteiger partial charge in [-0.15, -0.1) is 0 Å². The molecule has 1 aliphatic heterocycles. The number of halogens is 3. The fourth-order valence-corrected chi connectivity index (χ4v) is 3.16. The van der Waals surface area contributed by atoms with E-state index in [9.17, 15) is 18.4 Å². The first-order valence-corrected chi connectivity index (χ1v) is 8.88. The Morgan fingerprint density at radius 3 is 2.30 bits per heavy atom. The second-order valence-corrected chi connectivity index (χ2v) is 7.74. The maximum absolute atomic E-state index is 14.7. The lowest BCUT2D eigenvalue weighted by Crippen LogP contribution is -2.51. The third-order valence-electron chi connectivity index (χ3n) is 4.23. The fourth-order valence-electron chi connectivity index (χ4n) is 2.91. The Labute approximate surface area is 160 Å². The van der Waals surface area contributed by atoms with Crippen molar-refractivity contribution < 1.29 is 23.1 Å². The molecule has 6 nitrogen and oxygen atoms in total. The molecule has 1 N–H and O–H groups in total. The lowest BCUT2D eigenvalue weighted by Gasteiger charge is -2.35. The molecule has 1 aromatic heterocycles. The first-order valence-electron chi connectivity index (χ1n) is 8.51. The van der Waals surface area contributed by atoms with Crippen molar-refractivity contribution in [3.8, 4) is 0 Å². The molecular formula is C18H20ClF2N3O3. The lowest BCUT2D eigenvalue weighted by atomic mass is 10.2. The van der Waals surface area contributed by atoms with Crippen molar-refractivity contribution in [2.75, 3.05) is 26.2 Å². The van der Waals surface area contributed by atoms with E-state index in [2.05, 4.69) is 4.98 Å². The molecule has 0 aliphatic carbocycles. The molecule has 0 atom stereocenters. The summed E-state index contributed by atoms with van der Waals surface area (Å²) in [5.74, 6) is -2.20. The van der Waals surface area contributed by atoms with Crippen LogP contribution in [0.25, 0.3) is 10.9 Å². The van der Waals surface area contributed by atoms with Gasteiger partial charge >= 0.3 is 6.09 Å². The van der Waals surface area contributed by atoms with Crippen molar-refractivity contribution in [2.24, 2.45) is 0 Å². The number of ether oxygens (including phenoxy) is 1. The van der Waals surface area contributed by atoms with Crippen LogP contribution in [0.5, 0.6) is 0 Å². The molecule has 1 saturated heterocycles. The number of nitrogens with zero attached hydrogens (tertiary/aromatic N) is 2. The summed E-state index contributed by atoms with van der Waals surface area (Å²) < 4.78 is 33.5. The average Bonchev–Trinajstić information content (AvgIpc) is 2.93. The van der Waals surface area contributed by atoms with Gasteiger partial charge in [0.2, 0.25) is 0 Å². The number of hydrogen-bond acceptors (Lipinski definition) is 3. The Kier molecular flexibility index (Phi) is 5.03. The molecule has 3 rings (SSSR count). The van der Waals surface area contributed by atoms with E-state index < -0.39 is 29.2 Å². The Balaban J connectivity index is 1.73. The zero-order valence-corrected chi connectivity index (χ0v) is 16.0. The van der Waals surface area contributed by atoms with Crippen molar-refractivity contribution in [3.63, 3.8) is 0 Å². The number of hydrogen-bond donors (Lipinski definition) is 1. The summed E-state index contributed by atoms with van der Waals surface area (Å²) in [7, 11) is 0. The molecule has 0 saturated carbocycles. The first-order chi connectivity index (χ1) is 12.6. The highest BCUT2D eigenvalue weighted by Crippen LogP contribution is 2.31. The number of H-pyrrole nitrogens is 1. The predicted octanol–water partition coefficient (Wildman–Crippen LogP) is 3.79. The third kappa shape index (κ3) is 3.85. The fraction of sp³-hybridized carbons (Fsp3) is 0.444. The summed E-state index contributed by atoms with van der Waals surface area (Å²) in [6.45, 7) is 6.34. The van der Waals surface area contributed by atoms with Gasteiger partial charge in [0, 0.05) is 26.2 Å². The van der Waals surface area contributed by atoms with E-state index in [-0.39, 0.29) is 47.8 Å². The summed E-state index contributed by atoms with van der Waals surface area (Å²) in [6, 6.07) is 2.44. The van der Waals surface area contributed by atoms with E-state index in [1.54, 1.807) is 20.8 Å². The minimum atomic E-state index is -0.880. The van der Waals surface area contributed by atoms with Crippen LogP contribution in [-0.4, -0.2) is 58.6 Å². The minimum Gasteiger partial charge on any atom is -0.444 e. The average molecular weight is 400 g/mol. The SMILES string of the molecule is CC(C)(C)OC(=O)N1CCN(C(=O)c2[nH]c3ccc(F)c(Cl)c3c2F)CC1. The smallest absolute Gasteiger partial charge is 0.410 e. The van der Waals surface area contributed by atoms with E-state index in [0.717, 1.165) is 6.07 Å². The van der Waals surface area contributed by atoms with Crippen LogP contribution in [-0.2, 0) is 4.74 Å². The number of carbonyl (C=O) groups is 2. The van der Waals surface area contributed by atoms with Crippen molar-refractivity contribution >= 4 is 34.5 Å². The van der Waals surface area contributed by atoms with Gasteiger partial charge in [-0.2, -0.15) is 0 Å². The molecule has 9 heteroatoms. The normalized spacial score (nSPS) is 15.3. The van der Waals surface area contributed by atoms with Gasteiger partial charge in [0.15, 0.2) is 5.82 Å². The molecule has 0 spiro atoms. The molecule has 1 fully saturated rings. The molecule has 146 valence electrons. The number of aromatic amines is 1. The van der Waals surface area contributed by atoms with Gasteiger partial charge in [-0.3, -0.25) is 4.79 Å². The molecule has 0 radical (unpaired) electrons. The number of aromatic nitrogens is 1. The van der Waals surface area contributed by atoms with E-state index in [4.69, 9.17) is 16.3 Å². The van der Waals surface area contributed by atoms with Crippen molar-refractivity contribution in [1.29, 1.82) is 0 Å². The summed E-state index contributed by atoms with van der Waals surface area (Å²) in [5.41, 5.74) is -0.635. The number of piperazine rings is 1. The maximum Gasteiger partial charge on any atom is 0.410 e. The number of fused-ring (bicyclic) bond motifs is 1. The molecule has 2 heterocycles. The van der Waals surface area contributed by atoms with Crippen LogP contribution in [0, 0.1) is 11.6 Å². The quantitative estimate of drug-likeness (QED) is 0.793. The van der Waals surface area contributed by atoms with Gasteiger partial charge in [-0.1, -0.05) is 11.6 Å². The van der Waals surface area contributed by atoms with Gasteiger partial charge < -0.3 is 19.5 Å². The Hall–Kier alpha value is -2.35. The topological polar surface area (TPSA) is 65.6 Å². The van der Waals surface area contributed by atoms with Gasteiger partial charge in [-0.25, -0.2) is 13.6 Å². The van der Waals surface area contributed by atoms with Crippen molar-refractivity contribution in [3.05, 3.63) is 34.5 Å². The second-order valence-electron chi connectivity index (χ2n) is 7.36. The number of rotatable bonds is 1. The molecule has 0 bridgehead atoms. The molecule has 1 aromatic carbocycles. The maximum atomic E-state index is 14.7. The molecular weight excluding hydrogens is 380 g/mol. The van der Waals surface area contributed by atoms with Crippen LogP contribution in [0.1, 0.15) is 31.3 Å². The van der Waals surface area contributed by atoms with Gasteiger partial charge in [-0.05, 0) is 32.9 Å². The molecule has 2 amide bonds. The minimum absolute atomic E-state index is 0.146. The van der Waals surface area contributed by atoms with Crippen LogP contribution in [0.3, 0.4) is 0 Å². The molecule has 27 heavy (non-hydrogen) atoms. The second kappa shape index (κ2) is 6.99. The van der Waals surface area contributed by atoms with Crippen molar-refractivity contribution in [2.45, 2.75) is 26.4 Å². The highest BCUT2D eigenvalue weighted by molar-refractivity contribution is 6.35. The summed E-state index contributed by atoms with van der Waals surface area (Å²) in [4.78, 5) is 30.4. The predicted molar refractivity (Wildman–Crippen MR) is 96.9 cm³/mol. The Bertz CT molecular complexity index is 899. The molecule has 1 aliphatic rings. The summed E-state index contributed by atoms with van der Waals surface area (Å²) in [5, 5.41) is -0.512. The Morgan fingerprint density at radius 1 is 1.11 bits per heavy atom. The van der Waals surface area contributed by atoms with E-state index in [0.29, 0.717) is 0 Å². The number of amides is 2.